The Hall–Kier alpha value is -3.13. The zero-order valence-corrected chi connectivity index (χ0v) is 14.9. The largest absolute Gasteiger partial charge is 0.378 e. The zero-order chi connectivity index (χ0) is 18.1. The predicted molar refractivity (Wildman–Crippen MR) is 109 cm³/mol. The molecule has 4 aromatic rings. The van der Waals surface area contributed by atoms with E-state index in [2.05, 4.69) is 79.7 Å². The fourth-order valence-corrected chi connectivity index (χ4v) is 3.31. The Morgan fingerprint density at radius 3 is 2.12 bits per heavy atom. The molecule has 0 amide bonds. The highest BCUT2D eigenvalue weighted by molar-refractivity contribution is 5.98. The van der Waals surface area contributed by atoms with Crippen LogP contribution in [0.15, 0.2) is 84.9 Å². The molecule has 0 bridgehead atoms. The Labute approximate surface area is 153 Å². The average Bonchev–Trinajstić information content (AvgIpc) is 2.68. The summed E-state index contributed by atoms with van der Waals surface area (Å²) in [5, 5.41) is 2.35. The van der Waals surface area contributed by atoms with E-state index in [9.17, 15) is 4.39 Å². The summed E-state index contributed by atoms with van der Waals surface area (Å²) in [6.45, 7) is 0. The summed E-state index contributed by atoms with van der Waals surface area (Å²) < 4.78 is 13.2. The second-order valence-electron chi connectivity index (χ2n) is 6.69. The van der Waals surface area contributed by atoms with Crippen LogP contribution in [0.5, 0.6) is 0 Å². The maximum absolute atomic E-state index is 13.2. The summed E-state index contributed by atoms with van der Waals surface area (Å²) in [4.78, 5) is 2.11. The summed E-state index contributed by atoms with van der Waals surface area (Å²) in [6.07, 6.45) is 0. The molecule has 4 aromatic carbocycles. The molecule has 0 heterocycles. The van der Waals surface area contributed by atoms with Gasteiger partial charge in [-0.05, 0) is 63.4 Å². The normalized spacial score (nSPS) is 10.9. The van der Waals surface area contributed by atoms with Gasteiger partial charge in [-0.15, -0.1) is 0 Å². The Morgan fingerprint density at radius 2 is 1.35 bits per heavy atom. The average molecular weight is 341 g/mol. The van der Waals surface area contributed by atoms with Crippen molar-refractivity contribution in [2.45, 2.75) is 0 Å². The second-order valence-corrected chi connectivity index (χ2v) is 6.69. The van der Waals surface area contributed by atoms with Gasteiger partial charge >= 0.3 is 0 Å². The van der Waals surface area contributed by atoms with Crippen LogP contribution >= 0.6 is 0 Å². The van der Waals surface area contributed by atoms with Gasteiger partial charge in [-0.25, -0.2) is 4.39 Å². The van der Waals surface area contributed by atoms with Crippen molar-refractivity contribution >= 4 is 16.5 Å². The van der Waals surface area contributed by atoms with Gasteiger partial charge in [-0.1, -0.05) is 54.6 Å². The molecule has 0 N–H and O–H groups in total. The minimum atomic E-state index is -0.211. The molecule has 4 rings (SSSR count). The summed E-state index contributed by atoms with van der Waals surface area (Å²) in [5.74, 6) is -0.211. The number of rotatable bonds is 3. The lowest BCUT2D eigenvalue weighted by molar-refractivity contribution is 0.628. The highest BCUT2D eigenvalue weighted by atomic mass is 19.1. The molecule has 0 aliphatic carbocycles. The quantitative estimate of drug-likeness (QED) is 0.418. The van der Waals surface area contributed by atoms with E-state index < -0.39 is 0 Å². The number of benzene rings is 4. The van der Waals surface area contributed by atoms with E-state index in [1.165, 1.54) is 39.7 Å². The smallest absolute Gasteiger partial charge is 0.123 e. The van der Waals surface area contributed by atoms with Gasteiger partial charge in [0.25, 0.3) is 0 Å². The SMILES string of the molecule is CN(C)c1cccc(-c2ccc3c(-c4ccc(F)cc4)cccc3c2)c1. The third-order valence-corrected chi connectivity index (χ3v) is 4.73. The van der Waals surface area contributed by atoms with Crippen molar-refractivity contribution in [3.8, 4) is 22.3 Å². The third-order valence-electron chi connectivity index (χ3n) is 4.73. The number of fused-ring (bicyclic) bond motifs is 1. The van der Waals surface area contributed by atoms with Crippen molar-refractivity contribution in [3.63, 3.8) is 0 Å². The molecule has 0 aliphatic rings. The molecule has 26 heavy (non-hydrogen) atoms. The van der Waals surface area contributed by atoms with Crippen molar-refractivity contribution < 1.29 is 4.39 Å². The van der Waals surface area contributed by atoms with Gasteiger partial charge in [-0.3, -0.25) is 0 Å². The molecule has 128 valence electrons. The molecule has 2 heteroatoms. The Kier molecular flexibility index (Phi) is 4.18. The van der Waals surface area contributed by atoms with Crippen LogP contribution in [0.25, 0.3) is 33.0 Å². The van der Waals surface area contributed by atoms with Gasteiger partial charge < -0.3 is 4.90 Å². The van der Waals surface area contributed by atoms with Gasteiger partial charge in [-0.2, -0.15) is 0 Å². The summed E-state index contributed by atoms with van der Waals surface area (Å²) in [7, 11) is 4.10. The highest BCUT2D eigenvalue weighted by Crippen LogP contribution is 2.32. The zero-order valence-electron chi connectivity index (χ0n) is 14.9. The van der Waals surface area contributed by atoms with Crippen LogP contribution in [0.1, 0.15) is 0 Å². The van der Waals surface area contributed by atoms with E-state index in [1.54, 1.807) is 0 Å². The van der Waals surface area contributed by atoms with Crippen LogP contribution in [0.3, 0.4) is 0 Å². The molecule has 0 saturated carbocycles. The van der Waals surface area contributed by atoms with Crippen molar-refractivity contribution in [2.75, 3.05) is 19.0 Å². The topological polar surface area (TPSA) is 3.24 Å². The summed E-state index contributed by atoms with van der Waals surface area (Å²) in [5.41, 5.74) is 5.72. The van der Waals surface area contributed by atoms with Crippen LogP contribution in [0.2, 0.25) is 0 Å². The molecular formula is C24H20FN. The number of anilines is 1. The Bertz CT molecular complexity index is 1060. The maximum atomic E-state index is 13.2. The van der Waals surface area contributed by atoms with Gasteiger partial charge in [0.05, 0.1) is 0 Å². The van der Waals surface area contributed by atoms with E-state index >= 15 is 0 Å². The Balaban J connectivity index is 1.82. The molecule has 0 unspecified atom stereocenters. The summed E-state index contributed by atoms with van der Waals surface area (Å²) in [6, 6.07) is 28.0. The van der Waals surface area contributed by atoms with Crippen LogP contribution < -0.4 is 4.90 Å². The first-order chi connectivity index (χ1) is 12.6. The molecular weight excluding hydrogens is 321 g/mol. The highest BCUT2D eigenvalue weighted by Gasteiger charge is 2.07. The lowest BCUT2D eigenvalue weighted by Crippen LogP contribution is -2.08. The van der Waals surface area contributed by atoms with Crippen molar-refractivity contribution in [2.24, 2.45) is 0 Å². The first kappa shape index (κ1) is 16.3. The lowest BCUT2D eigenvalue weighted by atomic mass is 9.95. The van der Waals surface area contributed by atoms with Gasteiger partial charge in [0.15, 0.2) is 0 Å². The van der Waals surface area contributed by atoms with Gasteiger partial charge in [0.1, 0.15) is 5.82 Å². The maximum Gasteiger partial charge on any atom is 0.123 e. The van der Waals surface area contributed by atoms with Crippen LogP contribution in [-0.2, 0) is 0 Å². The first-order valence-electron chi connectivity index (χ1n) is 8.68. The van der Waals surface area contributed by atoms with Gasteiger partial charge in [0, 0.05) is 19.8 Å². The molecule has 0 spiro atoms. The van der Waals surface area contributed by atoms with Gasteiger partial charge in [0.2, 0.25) is 0 Å². The second kappa shape index (κ2) is 6.64. The molecule has 1 nitrogen and oxygen atoms in total. The fourth-order valence-electron chi connectivity index (χ4n) is 3.31. The van der Waals surface area contributed by atoms with Crippen LogP contribution in [0, 0.1) is 5.82 Å². The molecule has 0 saturated heterocycles. The monoisotopic (exact) mass is 341 g/mol. The number of halogens is 1. The van der Waals surface area contributed by atoms with E-state index in [-0.39, 0.29) is 5.82 Å². The number of hydrogen-bond acceptors (Lipinski definition) is 1. The fraction of sp³-hybridized carbons (Fsp3) is 0.0833. The summed E-state index contributed by atoms with van der Waals surface area (Å²) >= 11 is 0. The standard InChI is InChI=1S/C24H20FN/c1-26(2)22-7-3-5-18(16-22)19-11-14-24-20(15-19)6-4-8-23(24)17-9-12-21(25)13-10-17/h3-16H,1-2H3. The third kappa shape index (κ3) is 3.06. The van der Waals surface area contributed by atoms with E-state index in [4.69, 9.17) is 0 Å². The van der Waals surface area contributed by atoms with E-state index in [0.29, 0.717) is 0 Å². The van der Waals surface area contributed by atoms with E-state index in [0.717, 1.165) is 11.1 Å². The minimum Gasteiger partial charge on any atom is -0.378 e. The Morgan fingerprint density at radius 1 is 0.654 bits per heavy atom. The molecule has 0 aliphatic heterocycles. The molecule has 0 fully saturated rings. The molecule has 0 radical (unpaired) electrons. The number of nitrogens with zero attached hydrogens (tertiary/aromatic N) is 1. The first-order valence-corrected chi connectivity index (χ1v) is 8.68. The lowest BCUT2D eigenvalue weighted by Gasteiger charge is -2.14. The van der Waals surface area contributed by atoms with Crippen molar-refractivity contribution in [1.82, 2.24) is 0 Å². The number of hydrogen-bond donors (Lipinski definition) is 0. The van der Waals surface area contributed by atoms with Crippen molar-refractivity contribution in [1.29, 1.82) is 0 Å². The molecule has 0 aromatic heterocycles. The molecule has 0 atom stereocenters. The van der Waals surface area contributed by atoms with E-state index in [1.807, 2.05) is 12.1 Å². The van der Waals surface area contributed by atoms with Crippen LogP contribution in [-0.4, -0.2) is 14.1 Å². The van der Waals surface area contributed by atoms with Crippen LogP contribution in [0.4, 0.5) is 10.1 Å². The van der Waals surface area contributed by atoms with Crippen molar-refractivity contribution in [3.05, 3.63) is 90.7 Å². The predicted octanol–water partition coefficient (Wildman–Crippen LogP) is 6.38. The minimum absolute atomic E-state index is 0.211.